The van der Waals surface area contributed by atoms with Crippen molar-refractivity contribution < 1.29 is 9.16 Å². The maximum absolute atomic E-state index is 6.91. The molecule has 2 heterocycles. The van der Waals surface area contributed by atoms with Crippen LogP contribution in [-0.4, -0.2) is 21.0 Å². The molecule has 2 unspecified atom stereocenters. The van der Waals surface area contributed by atoms with Crippen molar-refractivity contribution >= 4 is 19.7 Å². The standard InChI is InChI=1S/C16H28O2SSi/c1-13-12-16(9-10-17-13,14-8-7-11-19-14)18-20(5,6)15(2,3)4/h7-8,11,13H,9-10,12H2,1-6H3. The lowest BCUT2D eigenvalue weighted by Gasteiger charge is -2.48. The average molecular weight is 313 g/mol. The van der Waals surface area contributed by atoms with Gasteiger partial charge in [0.2, 0.25) is 0 Å². The molecule has 1 saturated heterocycles. The van der Waals surface area contributed by atoms with E-state index >= 15 is 0 Å². The van der Waals surface area contributed by atoms with E-state index in [-0.39, 0.29) is 16.7 Å². The third-order valence-corrected chi connectivity index (χ3v) is 10.3. The molecule has 1 aliphatic heterocycles. The minimum absolute atomic E-state index is 0.130. The summed E-state index contributed by atoms with van der Waals surface area (Å²) in [7, 11) is -1.80. The van der Waals surface area contributed by atoms with E-state index in [1.165, 1.54) is 4.88 Å². The first-order valence-corrected chi connectivity index (χ1v) is 11.3. The van der Waals surface area contributed by atoms with E-state index in [1.807, 2.05) is 11.3 Å². The summed E-state index contributed by atoms with van der Waals surface area (Å²) < 4.78 is 12.7. The van der Waals surface area contributed by atoms with Crippen molar-refractivity contribution in [3.8, 4) is 0 Å². The van der Waals surface area contributed by atoms with Gasteiger partial charge >= 0.3 is 0 Å². The second-order valence-corrected chi connectivity index (χ2v) is 13.1. The summed E-state index contributed by atoms with van der Waals surface area (Å²) >= 11 is 1.82. The quantitative estimate of drug-likeness (QED) is 0.717. The van der Waals surface area contributed by atoms with Crippen LogP contribution in [0.3, 0.4) is 0 Å². The molecule has 4 heteroatoms. The highest BCUT2D eigenvalue weighted by atomic mass is 32.1. The zero-order valence-corrected chi connectivity index (χ0v) is 15.5. The highest BCUT2D eigenvalue weighted by Crippen LogP contribution is 2.47. The van der Waals surface area contributed by atoms with Gasteiger partial charge < -0.3 is 9.16 Å². The second-order valence-electron chi connectivity index (χ2n) is 7.47. The third-order valence-electron chi connectivity index (χ3n) is 4.75. The highest BCUT2D eigenvalue weighted by molar-refractivity contribution is 7.10. The normalized spacial score (nSPS) is 28.6. The van der Waals surface area contributed by atoms with Crippen LogP contribution in [0.25, 0.3) is 0 Å². The molecular formula is C16H28O2SSi. The van der Waals surface area contributed by atoms with E-state index in [0.717, 1.165) is 19.4 Å². The Morgan fingerprint density at radius 3 is 2.60 bits per heavy atom. The molecule has 1 aromatic heterocycles. The minimum atomic E-state index is -1.80. The molecule has 0 spiro atoms. The highest BCUT2D eigenvalue weighted by Gasteiger charge is 2.47. The molecule has 1 fully saturated rings. The fourth-order valence-corrected chi connectivity index (χ4v) is 5.15. The second kappa shape index (κ2) is 5.56. The van der Waals surface area contributed by atoms with Gasteiger partial charge in [-0.2, -0.15) is 0 Å². The molecule has 2 atom stereocenters. The van der Waals surface area contributed by atoms with Gasteiger partial charge in [0, 0.05) is 24.3 Å². The van der Waals surface area contributed by atoms with Crippen LogP contribution in [0, 0.1) is 0 Å². The molecule has 0 N–H and O–H groups in total. The first-order chi connectivity index (χ1) is 9.16. The Balaban J connectivity index is 2.34. The van der Waals surface area contributed by atoms with Gasteiger partial charge in [-0.3, -0.25) is 0 Å². The van der Waals surface area contributed by atoms with Gasteiger partial charge in [0.05, 0.1) is 11.7 Å². The zero-order chi connectivity index (χ0) is 15.0. The van der Waals surface area contributed by atoms with Crippen LogP contribution in [0.4, 0.5) is 0 Å². The smallest absolute Gasteiger partial charge is 0.193 e. The molecular weight excluding hydrogens is 284 g/mol. The Morgan fingerprint density at radius 2 is 2.10 bits per heavy atom. The summed E-state index contributed by atoms with van der Waals surface area (Å²) in [6.45, 7) is 14.6. The van der Waals surface area contributed by atoms with Crippen LogP contribution in [0.1, 0.15) is 45.4 Å². The van der Waals surface area contributed by atoms with E-state index in [0.29, 0.717) is 0 Å². The van der Waals surface area contributed by atoms with E-state index in [2.05, 4.69) is 58.3 Å². The molecule has 0 amide bonds. The SMILES string of the molecule is CC1CC(O[Si](C)(C)C(C)(C)C)(c2cccs2)CCO1. The molecule has 2 rings (SSSR count). The lowest BCUT2D eigenvalue weighted by atomic mass is 9.89. The van der Waals surface area contributed by atoms with Crippen molar-refractivity contribution in [2.75, 3.05) is 6.61 Å². The van der Waals surface area contributed by atoms with Crippen LogP contribution in [-0.2, 0) is 14.8 Å². The fourth-order valence-electron chi connectivity index (χ4n) is 2.60. The lowest BCUT2D eigenvalue weighted by Crippen LogP contribution is -2.51. The lowest BCUT2D eigenvalue weighted by molar-refractivity contribution is -0.0913. The number of rotatable bonds is 3. The molecule has 114 valence electrons. The van der Waals surface area contributed by atoms with E-state index in [1.54, 1.807) is 0 Å². The van der Waals surface area contributed by atoms with Crippen molar-refractivity contribution in [2.45, 2.75) is 70.4 Å². The third kappa shape index (κ3) is 3.19. The first-order valence-electron chi connectivity index (χ1n) is 7.52. The molecule has 1 aromatic rings. The van der Waals surface area contributed by atoms with Crippen molar-refractivity contribution in [1.82, 2.24) is 0 Å². The van der Waals surface area contributed by atoms with Gasteiger partial charge in [-0.25, -0.2) is 0 Å². The summed E-state index contributed by atoms with van der Waals surface area (Å²) in [5, 5.41) is 2.39. The first kappa shape index (κ1) is 16.2. The Morgan fingerprint density at radius 1 is 1.40 bits per heavy atom. The Kier molecular flexibility index (Phi) is 4.51. The molecule has 0 bridgehead atoms. The van der Waals surface area contributed by atoms with Crippen molar-refractivity contribution in [3.63, 3.8) is 0 Å². The van der Waals surface area contributed by atoms with E-state index in [4.69, 9.17) is 9.16 Å². The predicted octanol–water partition coefficient (Wildman–Crippen LogP) is 5.16. The van der Waals surface area contributed by atoms with Gasteiger partial charge in [-0.1, -0.05) is 26.8 Å². The molecule has 1 aliphatic rings. The van der Waals surface area contributed by atoms with E-state index in [9.17, 15) is 0 Å². The minimum Gasteiger partial charge on any atom is -0.406 e. The van der Waals surface area contributed by atoms with Gasteiger partial charge in [-0.15, -0.1) is 11.3 Å². The summed E-state index contributed by atoms with van der Waals surface area (Å²) in [5.41, 5.74) is -0.130. The fraction of sp³-hybridized carbons (Fsp3) is 0.750. The van der Waals surface area contributed by atoms with Crippen molar-refractivity contribution in [1.29, 1.82) is 0 Å². The van der Waals surface area contributed by atoms with E-state index < -0.39 is 8.32 Å². The maximum Gasteiger partial charge on any atom is 0.193 e. The topological polar surface area (TPSA) is 18.5 Å². The molecule has 0 aliphatic carbocycles. The molecule has 20 heavy (non-hydrogen) atoms. The maximum atomic E-state index is 6.91. The number of hydrogen-bond acceptors (Lipinski definition) is 3. The Hall–Kier alpha value is -0.163. The Bertz CT molecular complexity index is 436. The summed E-state index contributed by atoms with van der Waals surface area (Å²) in [4.78, 5) is 1.37. The zero-order valence-electron chi connectivity index (χ0n) is 13.7. The monoisotopic (exact) mass is 312 g/mol. The summed E-state index contributed by atoms with van der Waals surface area (Å²) in [6, 6.07) is 4.37. The van der Waals surface area contributed by atoms with Crippen LogP contribution >= 0.6 is 11.3 Å². The van der Waals surface area contributed by atoms with Gasteiger partial charge in [-0.05, 0) is 36.5 Å². The van der Waals surface area contributed by atoms with Gasteiger partial charge in [0.25, 0.3) is 0 Å². The number of thiophene rings is 1. The van der Waals surface area contributed by atoms with Crippen LogP contribution < -0.4 is 0 Å². The average Bonchev–Trinajstić information content (AvgIpc) is 2.80. The molecule has 0 aromatic carbocycles. The largest absolute Gasteiger partial charge is 0.406 e. The molecule has 2 nitrogen and oxygen atoms in total. The van der Waals surface area contributed by atoms with Crippen LogP contribution in [0.2, 0.25) is 18.1 Å². The van der Waals surface area contributed by atoms with Crippen molar-refractivity contribution in [3.05, 3.63) is 22.4 Å². The van der Waals surface area contributed by atoms with Crippen LogP contribution in [0.5, 0.6) is 0 Å². The van der Waals surface area contributed by atoms with Gasteiger partial charge in [0.15, 0.2) is 8.32 Å². The molecule has 0 saturated carbocycles. The van der Waals surface area contributed by atoms with Crippen molar-refractivity contribution in [2.24, 2.45) is 0 Å². The number of ether oxygens (including phenoxy) is 1. The Labute approximate surface area is 128 Å². The summed E-state index contributed by atoms with van der Waals surface area (Å²) in [6.07, 6.45) is 2.22. The van der Waals surface area contributed by atoms with Crippen LogP contribution in [0.15, 0.2) is 17.5 Å². The predicted molar refractivity (Wildman–Crippen MR) is 88.9 cm³/mol. The van der Waals surface area contributed by atoms with Gasteiger partial charge in [0.1, 0.15) is 0 Å². The summed E-state index contributed by atoms with van der Waals surface area (Å²) in [5.74, 6) is 0. The molecule has 0 radical (unpaired) electrons. The number of hydrogen-bond donors (Lipinski definition) is 0.